The molecule has 1 heterocycles. The Labute approximate surface area is 159 Å². The van der Waals surface area contributed by atoms with Gasteiger partial charge in [-0.15, -0.1) is 0 Å². The van der Waals surface area contributed by atoms with E-state index in [0.717, 1.165) is 0 Å². The van der Waals surface area contributed by atoms with Crippen LogP contribution in [0.25, 0.3) is 0 Å². The van der Waals surface area contributed by atoms with Crippen molar-refractivity contribution >= 4 is 29.6 Å². The Balaban J connectivity index is 2.45. The molecule has 1 rings (SSSR count). The van der Waals surface area contributed by atoms with Gasteiger partial charge in [0.1, 0.15) is 12.1 Å². The van der Waals surface area contributed by atoms with Gasteiger partial charge in [-0.2, -0.15) is 0 Å². The number of aliphatic carboxylic acids is 1. The van der Waals surface area contributed by atoms with E-state index in [9.17, 15) is 29.1 Å². The Bertz CT molecular complexity index is 720. The van der Waals surface area contributed by atoms with Crippen LogP contribution in [0.1, 0.15) is 19.0 Å². The number of imidazole rings is 1. The van der Waals surface area contributed by atoms with E-state index in [1.165, 1.54) is 19.4 Å². The van der Waals surface area contributed by atoms with E-state index in [4.69, 9.17) is 11.5 Å². The number of carboxylic acids is 1. The van der Waals surface area contributed by atoms with Gasteiger partial charge in [-0.3, -0.25) is 19.2 Å². The molecular formula is C15H23N7O6. The van der Waals surface area contributed by atoms with Gasteiger partial charge in [0, 0.05) is 18.3 Å². The smallest absolute Gasteiger partial charge is 0.326 e. The first-order valence-corrected chi connectivity index (χ1v) is 8.21. The fourth-order valence-corrected chi connectivity index (χ4v) is 2.08. The maximum Gasteiger partial charge on any atom is 0.326 e. The Kier molecular flexibility index (Phi) is 8.55. The summed E-state index contributed by atoms with van der Waals surface area (Å²) < 4.78 is 0. The molecule has 9 N–H and O–H groups in total. The van der Waals surface area contributed by atoms with E-state index >= 15 is 0 Å². The Hall–Kier alpha value is -3.48. The maximum atomic E-state index is 11.9. The summed E-state index contributed by atoms with van der Waals surface area (Å²) >= 11 is 0. The number of nitrogens with two attached hydrogens (primary N) is 2. The third-order valence-corrected chi connectivity index (χ3v) is 3.55. The van der Waals surface area contributed by atoms with Crippen molar-refractivity contribution in [2.24, 2.45) is 11.5 Å². The zero-order chi connectivity index (χ0) is 21.3. The van der Waals surface area contributed by atoms with Crippen LogP contribution in [0.15, 0.2) is 12.5 Å². The predicted octanol–water partition coefficient (Wildman–Crippen LogP) is -3.65. The number of nitrogens with one attached hydrogen (secondary N) is 4. The summed E-state index contributed by atoms with van der Waals surface area (Å²) in [6, 6.07) is -3.46. The average molecular weight is 397 g/mol. The van der Waals surface area contributed by atoms with Crippen molar-refractivity contribution in [3.8, 4) is 0 Å². The van der Waals surface area contributed by atoms with Crippen molar-refractivity contribution in [1.29, 1.82) is 0 Å². The number of amides is 4. The van der Waals surface area contributed by atoms with Gasteiger partial charge in [0.25, 0.3) is 0 Å². The van der Waals surface area contributed by atoms with Gasteiger partial charge in [-0.25, -0.2) is 9.78 Å². The molecule has 0 aliphatic rings. The SMILES string of the molecule is CC(NC(=O)C(N)CC(N)=O)C(=O)NCC(=O)NC(Cc1cnc[nH]1)C(=O)O. The van der Waals surface area contributed by atoms with Crippen molar-refractivity contribution in [1.82, 2.24) is 25.9 Å². The molecule has 0 aromatic carbocycles. The lowest BCUT2D eigenvalue weighted by Crippen LogP contribution is -2.53. The highest BCUT2D eigenvalue weighted by Crippen LogP contribution is 1.98. The van der Waals surface area contributed by atoms with Crippen molar-refractivity contribution in [3.63, 3.8) is 0 Å². The number of H-pyrrole nitrogens is 1. The first-order chi connectivity index (χ1) is 13.1. The molecule has 0 saturated carbocycles. The van der Waals surface area contributed by atoms with Crippen LogP contribution < -0.4 is 27.4 Å². The quantitative estimate of drug-likeness (QED) is 0.197. The number of aromatic amines is 1. The summed E-state index contributed by atoms with van der Waals surface area (Å²) in [5, 5.41) is 16.0. The minimum atomic E-state index is -1.25. The lowest BCUT2D eigenvalue weighted by atomic mass is 10.1. The van der Waals surface area contributed by atoms with Crippen LogP contribution in [0.2, 0.25) is 0 Å². The molecule has 4 amide bonds. The Morgan fingerprint density at radius 2 is 1.89 bits per heavy atom. The van der Waals surface area contributed by atoms with Gasteiger partial charge in [0.05, 0.1) is 25.3 Å². The summed E-state index contributed by atoms with van der Waals surface area (Å²) in [5.74, 6) is -4.20. The van der Waals surface area contributed by atoms with Crippen LogP contribution in [-0.2, 0) is 30.4 Å². The monoisotopic (exact) mass is 397 g/mol. The molecule has 3 atom stereocenters. The summed E-state index contributed by atoms with van der Waals surface area (Å²) in [5.41, 5.74) is 10.9. The lowest BCUT2D eigenvalue weighted by molar-refractivity contribution is -0.141. The van der Waals surface area contributed by atoms with E-state index in [0.29, 0.717) is 5.69 Å². The number of rotatable bonds is 11. The van der Waals surface area contributed by atoms with Crippen LogP contribution in [0.4, 0.5) is 0 Å². The molecule has 28 heavy (non-hydrogen) atoms. The number of carbonyl (C=O) groups excluding carboxylic acids is 4. The minimum Gasteiger partial charge on any atom is -0.480 e. The van der Waals surface area contributed by atoms with Crippen LogP contribution >= 0.6 is 0 Å². The van der Waals surface area contributed by atoms with Gasteiger partial charge in [0.15, 0.2) is 0 Å². The number of primary amides is 1. The Morgan fingerprint density at radius 1 is 1.21 bits per heavy atom. The summed E-state index contributed by atoms with van der Waals surface area (Å²) in [4.78, 5) is 64.0. The molecule has 13 heteroatoms. The van der Waals surface area contributed by atoms with Gasteiger partial charge >= 0.3 is 5.97 Å². The third kappa shape index (κ3) is 7.82. The number of carboxylic acid groups (broad SMARTS) is 1. The van der Waals surface area contributed by atoms with Gasteiger partial charge < -0.3 is 37.5 Å². The zero-order valence-corrected chi connectivity index (χ0v) is 15.1. The van der Waals surface area contributed by atoms with Crippen LogP contribution in [0, 0.1) is 0 Å². The number of nitrogens with zero attached hydrogens (tertiary/aromatic N) is 1. The first-order valence-electron chi connectivity index (χ1n) is 8.21. The van der Waals surface area contributed by atoms with Gasteiger partial charge in [-0.1, -0.05) is 0 Å². The fourth-order valence-electron chi connectivity index (χ4n) is 2.08. The second-order valence-corrected chi connectivity index (χ2v) is 5.96. The molecular weight excluding hydrogens is 374 g/mol. The topological polar surface area (TPSA) is 222 Å². The van der Waals surface area contributed by atoms with E-state index < -0.39 is 54.3 Å². The normalized spacial score (nSPS) is 13.6. The Morgan fingerprint density at radius 3 is 2.43 bits per heavy atom. The van der Waals surface area contributed by atoms with E-state index in [1.807, 2.05) is 0 Å². The van der Waals surface area contributed by atoms with Crippen molar-refractivity contribution < 1.29 is 29.1 Å². The molecule has 0 radical (unpaired) electrons. The van der Waals surface area contributed by atoms with Crippen molar-refractivity contribution in [3.05, 3.63) is 18.2 Å². The van der Waals surface area contributed by atoms with Gasteiger partial charge in [0.2, 0.25) is 23.6 Å². The standard InChI is InChI=1S/C15H23N7O6/c1-7(21-14(26)9(16)3-11(17)23)13(25)19-5-12(24)22-10(15(27)28)2-8-4-18-6-20-8/h4,6-7,9-10H,2-3,5,16H2,1H3,(H2,17,23)(H,18,20)(H,19,25)(H,21,26)(H,22,24)(H,27,28). The second kappa shape index (κ2) is 10.6. The molecule has 0 saturated heterocycles. The average Bonchev–Trinajstić information content (AvgIpc) is 3.11. The molecule has 0 aliphatic carbocycles. The molecule has 154 valence electrons. The molecule has 1 aromatic rings. The zero-order valence-electron chi connectivity index (χ0n) is 15.1. The lowest BCUT2D eigenvalue weighted by Gasteiger charge is -2.17. The molecule has 0 aliphatic heterocycles. The second-order valence-electron chi connectivity index (χ2n) is 5.96. The third-order valence-electron chi connectivity index (χ3n) is 3.55. The van der Waals surface area contributed by atoms with Crippen LogP contribution in [-0.4, -0.2) is 69.3 Å². The van der Waals surface area contributed by atoms with Gasteiger partial charge in [-0.05, 0) is 6.92 Å². The number of hydrogen-bond donors (Lipinski definition) is 7. The molecule has 13 nitrogen and oxygen atoms in total. The molecule has 0 bridgehead atoms. The molecule has 1 aromatic heterocycles. The number of aromatic nitrogens is 2. The number of carbonyl (C=O) groups is 5. The summed E-state index contributed by atoms with van der Waals surface area (Å²) in [6.45, 7) is 0.847. The van der Waals surface area contributed by atoms with Crippen molar-refractivity contribution in [2.45, 2.75) is 37.9 Å². The molecule has 0 fully saturated rings. The van der Waals surface area contributed by atoms with E-state index in [1.54, 1.807) is 0 Å². The minimum absolute atomic E-state index is 0.0147. The molecule has 0 spiro atoms. The van der Waals surface area contributed by atoms with Crippen LogP contribution in [0.5, 0.6) is 0 Å². The van der Waals surface area contributed by atoms with Crippen molar-refractivity contribution in [2.75, 3.05) is 6.54 Å². The highest BCUT2D eigenvalue weighted by Gasteiger charge is 2.23. The predicted molar refractivity (Wildman–Crippen MR) is 94.3 cm³/mol. The van der Waals surface area contributed by atoms with E-state index in [-0.39, 0.29) is 12.8 Å². The maximum absolute atomic E-state index is 11.9. The number of hydrogen-bond acceptors (Lipinski definition) is 7. The molecule has 3 unspecified atom stereocenters. The summed E-state index contributed by atoms with van der Waals surface area (Å²) in [6.07, 6.45) is 2.41. The largest absolute Gasteiger partial charge is 0.480 e. The van der Waals surface area contributed by atoms with Crippen LogP contribution in [0.3, 0.4) is 0 Å². The van der Waals surface area contributed by atoms with E-state index in [2.05, 4.69) is 25.9 Å². The highest BCUT2D eigenvalue weighted by atomic mass is 16.4. The summed E-state index contributed by atoms with van der Waals surface area (Å²) in [7, 11) is 0. The highest BCUT2D eigenvalue weighted by molar-refractivity contribution is 5.93. The first kappa shape index (κ1) is 22.6. The fraction of sp³-hybridized carbons (Fsp3) is 0.467.